The van der Waals surface area contributed by atoms with Gasteiger partial charge in [-0.25, -0.2) is 0 Å². The molecule has 0 atom stereocenters. The van der Waals surface area contributed by atoms with E-state index in [1.165, 1.54) is 31.2 Å². The predicted octanol–water partition coefficient (Wildman–Crippen LogP) is 2.88. The van der Waals surface area contributed by atoms with Gasteiger partial charge in [0, 0.05) is 30.4 Å². The molecule has 0 saturated carbocycles. The van der Waals surface area contributed by atoms with Crippen LogP contribution in [0.3, 0.4) is 0 Å². The molecule has 2 aromatic rings. The molecule has 2 amide bonds. The zero-order valence-electron chi connectivity index (χ0n) is 13.7. The molecule has 25 heavy (non-hydrogen) atoms. The molecule has 0 bridgehead atoms. The third-order valence-electron chi connectivity index (χ3n) is 3.25. The van der Waals surface area contributed by atoms with Crippen LogP contribution in [0.2, 0.25) is 0 Å². The summed E-state index contributed by atoms with van der Waals surface area (Å²) in [5.74, 6) is -0.243. The minimum Gasteiger partial charge on any atom is -0.484 e. The molecule has 8 heteroatoms. The van der Waals surface area contributed by atoms with Gasteiger partial charge in [-0.1, -0.05) is 6.07 Å². The Labute approximate surface area is 144 Å². The van der Waals surface area contributed by atoms with Gasteiger partial charge < -0.3 is 15.4 Å². The molecule has 0 saturated heterocycles. The van der Waals surface area contributed by atoms with Crippen LogP contribution in [0.15, 0.2) is 42.5 Å². The van der Waals surface area contributed by atoms with Gasteiger partial charge in [-0.3, -0.25) is 19.7 Å². The summed E-state index contributed by atoms with van der Waals surface area (Å²) in [6.07, 6.45) is 0. The molecule has 0 aliphatic rings. The lowest BCUT2D eigenvalue weighted by Crippen LogP contribution is -2.20. The number of rotatable bonds is 6. The second kappa shape index (κ2) is 7.91. The van der Waals surface area contributed by atoms with Crippen LogP contribution >= 0.6 is 0 Å². The van der Waals surface area contributed by atoms with E-state index < -0.39 is 10.8 Å². The summed E-state index contributed by atoms with van der Waals surface area (Å²) >= 11 is 0. The molecule has 0 aliphatic heterocycles. The summed E-state index contributed by atoms with van der Waals surface area (Å²) < 4.78 is 5.29. The standard InChI is InChI=1S/C17H17N3O5/c1-11-3-4-13(9-16(11)18-12(2)21)19-17(22)10-25-15-7-5-14(6-8-15)20(23)24/h3-9H,10H2,1-2H3,(H,18,21)(H,19,22). The van der Waals surface area contributed by atoms with Crippen molar-refractivity contribution >= 4 is 28.9 Å². The zero-order chi connectivity index (χ0) is 18.4. The quantitative estimate of drug-likeness (QED) is 0.619. The maximum absolute atomic E-state index is 11.9. The minimum atomic E-state index is -0.513. The van der Waals surface area contributed by atoms with Gasteiger partial charge in [0.15, 0.2) is 6.61 Å². The summed E-state index contributed by atoms with van der Waals surface area (Å²) in [6, 6.07) is 10.6. The Hall–Kier alpha value is -3.42. The van der Waals surface area contributed by atoms with E-state index in [4.69, 9.17) is 4.74 Å². The van der Waals surface area contributed by atoms with Crippen molar-refractivity contribution in [2.24, 2.45) is 0 Å². The number of nitro groups is 1. The van der Waals surface area contributed by atoms with Crippen molar-refractivity contribution in [3.8, 4) is 5.75 Å². The predicted molar refractivity (Wildman–Crippen MR) is 92.7 cm³/mol. The van der Waals surface area contributed by atoms with Crippen molar-refractivity contribution in [3.63, 3.8) is 0 Å². The average molecular weight is 343 g/mol. The van der Waals surface area contributed by atoms with Gasteiger partial charge in [0.1, 0.15) is 5.75 Å². The number of carbonyl (C=O) groups excluding carboxylic acids is 2. The van der Waals surface area contributed by atoms with Crippen molar-refractivity contribution in [2.75, 3.05) is 17.2 Å². The molecule has 8 nitrogen and oxygen atoms in total. The molecule has 0 heterocycles. The van der Waals surface area contributed by atoms with Gasteiger partial charge >= 0.3 is 0 Å². The number of nitrogens with one attached hydrogen (secondary N) is 2. The molecule has 0 radical (unpaired) electrons. The van der Waals surface area contributed by atoms with Gasteiger partial charge in [-0.15, -0.1) is 0 Å². The second-order valence-corrected chi connectivity index (χ2v) is 5.30. The van der Waals surface area contributed by atoms with Crippen LogP contribution < -0.4 is 15.4 Å². The van der Waals surface area contributed by atoms with Crippen molar-refractivity contribution in [1.29, 1.82) is 0 Å². The van der Waals surface area contributed by atoms with Crippen LogP contribution in [0.1, 0.15) is 12.5 Å². The lowest BCUT2D eigenvalue weighted by molar-refractivity contribution is -0.384. The maximum atomic E-state index is 11.9. The summed E-state index contributed by atoms with van der Waals surface area (Å²) in [5, 5.41) is 15.9. The topological polar surface area (TPSA) is 111 Å². The number of anilines is 2. The van der Waals surface area contributed by atoms with Gasteiger partial charge in [-0.05, 0) is 36.8 Å². The van der Waals surface area contributed by atoms with E-state index >= 15 is 0 Å². The molecule has 0 unspecified atom stereocenters. The third-order valence-corrected chi connectivity index (χ3v) is 3.25. The molecule has 0 fully saturated rings. The van der Waals surface area contributed by atoms with E-state index in [0.717, 1.165) is 5.56 Å². The molecule has 2 rings (SSSR count). The third kappa shape index (κ3) is 5.31. The highest BCUT2D eigenvalue weighted by atomic mass is 16.6. The van der Waals surface area contributed by atoms with Gasteiger partial charge in [0.25, 0.3) is 11.6 Å². The highest BCUT2D eigenvalue weighted by Gasteiger charge is 2.08. The van der Waals surface area contributed by atoms with Gasteiger partial charge in [0.05, 0.1) is 4.92 Å². The molecule has 2 N–H and O–H groups in total. The van der Waals surface area contributed by atoms with E-state index in [0.29, 0.717) is 17.1 Å². The zero-order valence-corrected chi connectivity index (χ0v) is 13.7. The molecule has 130 valence electrons. The fourth-order valence-corrected chi connectivity index (χ4v) is 2.03. The summed E-state index contributed by atoms with van der Waals surface area (Å²) in [5.41, 5.74) is 1.95. The fourth-order valence-electron chi connectivity index (χ4n) is 2.03. The van der Waals surface area contributed by atoms with E-state index in [-0.39, 0.29) is 18.2 Å². The lowest BCUT2D eigenvalue weighted by Gasteiger charge is -2.11. The van der Waals surface area contributed by atoms with Crippen LogP contribution in [-0.2, 0) is 9.59 Å². The Kier molecular flexibility index (Phi) is 5.67. The Morgan fingerprint density at radius 2 is 1.80 bits per heavy atom. The Balaban J connectivity index is 1.93. The molecular weight excluding hydrogens is 326 g/mol. The number of hydrogen-bond donors (Lipinski definition) is 2. The molecule has 0 aliphatic carbocycles. The van der Waals surface area contributed by atoms with E-state index in [1.807, 2.05) is 6.92 Å². The summed E-state index contributed by atoms with van der Waals surface area (Å²) in [7, 11) is 0. The van der Waals surface area contributed by atoms with Crippen molar-refractivity contribution < 1.29 is 19.2 Å². The number of ether oxygens (including phenoxy) is 1. The lowest BCUT2D eigenvalue weighted by atomic mass is 10.1. The monoisotopic (exact) mass is 343 g/mol. The van der Waals surface area contributed by atoms with E-state index in [9.17, 15) is 19.7 Å². The first-order chi connectivity index (χ1) is 11.8. The minimum absolute atomic E-state index is 0.0537. The largest absolute Gasteiger partial charge is 0.484 e. The number of non-ortho nitro benzene ring substituents is 1. The second-order valence-electron chi connectivity index (χ2n) is 5.30. The highest BCUT2D eigenvalue weighted by molar-refractivity contribution is 5.94. The number of nitro benzene ring substituents is 1. The van der Waals surface area contributed by atoms with Crippen molar-refractivity contribution in [1.82, 2.24) is 0 Å². The summed E-state index contributed by atoms with van der Waals surface area (Å²) in [6.45, 7) is 3.00. The Morgan fingerprint density at radius 1 is 1.12 bits per heavy atom. The van der Waals surface area contributed by atoms with Crippen LogP contribution in [0.4, 0.5) is 17.1 Å². The molecule has 0 spiro atoms. The average Bonchev–Trinajstić information content (AvgIpc) is 2.56. The van der Waals surface area contributed by atoms with Crippen molar-refractivity contribution in [3.05, 3.63) is 58.1 Å². The summed E-state index contributed by atoms with van der Waals surface area (Å²) in [4.78, 5) is 33.2. The maximum Gasteiger partial charge on any atom is 0.269 e. The Morgan fingerprint density at radius 3 is 2.40 bits per heavy atom. The van der Waals surface area contributed by atoms with Crippen LogP contribution in [0.5, 0.6) is 5.75 Å². The fraction of sp³-hybridized carbons (Fsp3) is 0.176. The SMILES string of the molecule is CC(=O)Nc1cc(NC(=O)COc2ccc([N+](=O)[O-])cc2)ccc1C. The normalized spacial score (nSPS) is 10.0. The number of nitrogens with zero attached hydrogens (tertiary/aromatic N) is 1. The van der Waals surface area contributed by atoms with Crippen LogP contribution in [-0.4, -0.2) is 23.3 Å². The first-order valence-electron chi connectivity index (χ1n) is 7.40. The molecule has 0 aromatic heterocycles. The van der Waals surface area contributed by atoms with Crippen LogP contribution in [0.25, 0.3) is 0 Å². The molecular formula is C17H17N3O5. The number of hydrogen-bond acceptors (Lipinski definition) is 5. The number of benzene rings is 2. The van der Waals surface area contributed by atoms with Gasteiger partial charge in [0.2, 0.25) is 5.91 Å². The smallest absolute Gasteiger partial charge is 0.269 e. The van der Waals surface area contributed by atoms with E-state index in [2.05, 4.69) is 10.6 Å². The molecule has 2 aromatic carbocycles. The first kappa shape index (κ1) is 17.9. The highest BCUT2D eigenvalue weighted by Crippen LogP contribution is 2.21. The van der Waals surface area contributed by atoms with Crippen LogP contribution in [0, 0.1) is 17.0 Å². The number of aryl methyl sites for hydroxylation is 1. The van der Waals surface area contributed by atoms with E-state index in [1.54, 1.807) is 18.2 Å². The number of carbonyl (C=O) groups is 2. The van der Waals surface area contributed by atoms with Gasteiger partial charge in [-0.2, -0.15) is 0 Å². The first-order valence-corrected chi connectivity index (χ1v) is 7.40. The van der Waals surface area contributed by atoms with Crippen molar-refractivity contribution in [2.45, 2.75) is 13.8 Å². The Bertz CT molecular complexity index is 802. The number of amides is 2.